The number of pyridine rings is 1. The number of ether oxygens (including phenoxy) is 1. The first kappa shape index (κ1) is 19.9. The Morgan fingerprint density at radius 2 is 2.04 bits per heavy atom. The standard InChI is InChI=1S/C20H23ClN4O3/c1-12-18(26)25(11-13-6-5-7-14(21)10-13)15-8-9-16(22-17(15)28-12)23-19(27)24-20(2,3)4/h5-10,12H,11H2,1-4H3,(H2,22,23,24,27)/t12-/m0/s1. The Kier molecular flexibility index (Phi) is 5.47. The van der Waals surface area contributed by atoms with Crippen LogP contribution in [0.5, 0.6) is 5.88 Å². The molecule has 0 saturated carbocycles. The SMILES string of the molecule is C[C@@H]1Oc2nc(NC(=O)NC(C)(C)C)ccc2N(Cc2cccc(Cl)c2)C1=O. The fourth-order valence-electron chi connectivity index (χ4n) is 2.82. The number of carbonyl (C=O) groups is 2. The van der Waals surface area contributed by atoms with E-state index < -0.39 is 6.10 Å². The maximum absolute atomic E-state index is 12.7. The number of benzene rings is 1. The molecule has 3 amide bonds. The second kappa shape index (κ2) is 7.67. The fraction of sp³-hybridized carbons (Fsp3) is 0.350. The Bertz CT molecular complexity index is 911. The summed E-state index contributed by atoms with van der Waals surface area (Å²) in [5, 5.41) is 6.09. The molecule has 7 nitrogen and oxygen atoms in total. The number of nitrogens with one attached hydrogen (secondary N) is 2. The first-order chi connectivity index (χ1) is 13.1. The number of aromatic nitrogens is 1. The zero-order valence-electron chi connectivity index (χ0n) is 16.2. The maximum Gasteiger partial charge on any atom is 0.320 e. The lowest BCUT2D eigenvalue weighted by molar-refractivity contribution is -0.125. The third-order valence-electron chi connectivity index (χ3n) is 3.99. The van der Waals surface area contributed by atoms with Gasteiger partial charge in [-0.15, -0.1) is 0 Å². The van der Waals surface area contributed by atoms with Gasteiger partial charge in [-0.3, -0.25) is 15.0 Å². The highest BCUT2D eigenvalue weighted by atomic mass is 35.5. The minimum Gasteiger partial charge on any atom is -0.463 e. The third-order valence-corrected chi connectivity index (χ3v) is 4.23. The van der Waals surface area contributed by atoms with Crippen molar-refractivity contribution in [2.75, 3.05) is 10.2 Å². The van der Waals surface area contributed by atoms with Crippen molar-refractivity contribution in [3.8, 4) is 5.88 Å². The molecule has 1 atom stereocenters. The molecule has 0 radical (unpaired) electrons. The minimum absolute atomic E-state index is 0.166. The summed E-state index contributed by atoms with van der Waals surface area (Å²) in [5.41, 5.74) is 1.07. The van der Waals surface area contributed by atoms with E-state index in [1.54, 1.807) is 30.0 Å². The van der Waals surface area contributed by atoms with Gasteiger partial charge < -0.3 is 10.1 Å². The van der Waals surface area contributed by atoms with Gasteiger partial charge in [-0.1, -0.05) is 23.7 Å². The molecule has 0 spiro atoms. The number of fused-ring (bicyclic) bond motifs is 1. The van der Waals surface area contributed by atoms with E-state index in [0.29, 0.717) is 29.0 Å². The van der Waals surface area contributed by atoms with Crippen LogP contribution in [0.25, 0.3) is 0 Å². The van der Waals surface area contributed by atoms with E-state index in [1.165, 1.54) is 0 Å². The molecule has 0 bridgehead atoms. The first-order valence-corrected chi connectivity index (χ1v) is 9.33. The zero-order chi connectivity index (χ0) is 20.5. The van der Waals surface area contributed by atoms with Gasteiger partial charge in [0.1, 0.15) is 11.5 Å². The second-order valence-corrected chi connectivity index (χ2v) is 8.10. The molecule has 0 saturated heterocycles. The van der Waals surface area contributed by atoms with Crippen LogP contribution in [0.3, 0.4) is 0 Å². The van der Waals surface area contributed by atoms with E-state index >= 15 is 0 Å². The molecule has 0 aliphatic carbocycles. The molecular weight excluding hydrogens is 380 g/mol. The Labute approximate surface area is 169 Å². The van der Waals surface area contributed by atoms with Crippen LogP contribution in [0.2, 0.25) is 5.02 Å². The van der Waals surface area contributed by atoms with Gasteiger partial charge in [0.05, 0.1) is 6.54 Å². The van der Waals surface area contributed by atoms with Crippen molar-refractivity contribution >= 4 is 35.0 Å². The Hall–Kier alpha value is -2.80. The molecule has 1 aliphatic rings. The Morgan fingerprint density at radius 1 is 1.29 bits per heavy atom. The number of rotatable bonds is 3. The lowest BCUT2D eigenvalue weighted by atomic mass is 10.1. The van der Waals surface area contributed by atoms with Gasteiger partial charge in [0.25, 0.3) is 5.91 Å². The summed E-state index contributed by atoms with van der Waals surface area (Å²) >= 11 is 6.06. The van der Waals surface area contributed by atoms with Gasteiger partial charge in [-0.05, 0) is 57.5 Å². The van der Waals surface area contributed by atoms with E-state index in [9.17, 15) is 9.59 Å². The largest absolute Gasteiger partial charge is 0.463 e. The number of anilines is 2. The van der Waals surface area contributed by atoms with Crippen LogP contribution in [-0.4, -0.2) is 28.6 Å². The van der Waals surface area contributed by atoms with Crippen LogP contribution in [-0.2, 0) is 11.3 Å². The van der Waals surface area contributed by atoms with Crippen LogP contribution in [0.4, 0.5) is 16.3 Å². The molecule has 0 unspecified atom stereocenters. The van der Waals surface area contributed by atoms with Crippen LogP contribution < -0.4 is 20.3 Å². The van der Waals surface area contributed by atoms with Gasteiger partial charge in [-0.2, -0.15) is 4.98 Å². The lowest BCUT2D eigenvalue weighted by Crippen LogP contribution is -2.44. The smallest absolute Gasteiger partial charge is 0.320 e. The van der Waals surface area contributed by atoms with Crippen molar-refractivity contribution in [2.24, 2.45) is 0 Å². The molecule has 1 aliphatic heterocycles. The van der Waals surface area contributed by atoms with Crippen molar-refractivity contribution in [1.82, 2.24) is 10.3 Å². The highest BCUT2D eigenvalue weighted by molar-refractivity contribution is 6.30. The number of nitrogens with zero attached hydrogens (tertiary/aromatic N) is 2. The zero-order valence-corrected chi connectivity index (χ0v) is 17.0. The highest BCUT2D eigenvalue weighted by Gasteiger charge is 2.33. The van der Waals surface area contributed by atoms with Crippen molar-refractivity contribution in [3.05, 3.63) is 47.0 Å². The van der Waals surface area contributed by atoms with Crippen molar-refractivity contribution in [1.29, 1.82) is 0 Å². The molecule has 28 heavy (non-hydrogen) atoms. The number of carbonyl (C=O) groups excluding carboxylic acids is 2. The summed E-state index contributed by atoms with van der Waals surface area (Å²) < 4.78 is 5.66. The third kappa shape index (κ3) is 4.72. The normalized spacial score (nSPS) is 16.2. The molecule has 3 rings (SSSR count). The van der Waals surface area contributed by atoms with E-state index in [4.69, 9.17) is 16.3 Å². The molecule has 8 heteroatoms. The predicted octanol–water partition coefficient (Wildman–Crippen LogP) is 3.97. The summed E-state index contributed by atoms with van der Waals surface area (Å²) in [4.78, 5) is 30.7. The van der Waals surface area contributed by atoms with Gasteiger partial charge in [0.15, 0.2) is 6.10 Å². The van der Waals surface area contributed by atoms with E-state index in [0.717, 1.165) is 5.56 Å². The molecule has 1 aromatic heterocycles. The molecular formula is C20H23ClN4O3. The summed E-state index contributed by atoms with van der Waals surface area (Å²) in [7, 11) is 0. The lowest BCUT2D eigenvalue weighted by Gasteiger charge is -2.32. The number of halogens is 1. The highest BCUT2D eigenvalue weighted by Crippen LogP contribution is 2.34. The topological polar surface area (TPSA) is 83.6 Å². The minimum atomic E-state index is -0.683. The molecule has 148 valence electrons. The number of urea groups is 1. The van der Waals surface area contributed by atoms with Gasteiger partial charge in [-0.25, -0.2) is 4.79 Å². The maximum atomic E-state index is 12.7. The van der Waals surface area contributed by atoms with Crippen molar-refractivity contribution in [3.63, 3.8) is 0 Å². The van der Waals surface area contributed by atoms with Crippen LogP contribution >= 0.6 is 11.6 Å². The van der Waals surface area contributed by atoms with E-state index in [2.05, 4.69) is 15.6 Å². The Balaban J connectivity index is 1.84. The average molecular weight is 403 g/mol. The second-order valence-electron chi connectivity index (χ2n) is 7.66. The van der Waals surface area contributed by atoms with E-state index in [-0.39, 0.29) is 17.5 Å². The predicted molar refractivity (Wildman–Crippen MR) is 109 cm³/mol. The molecule has 2 N–H and O–H groups in total. The van der Waals surface area contributed by atoms with Crippen LogP contribution in [0, 0.1) is 0 Å². The number of hydrogen-bond donors (Lipinski definition) is 2. The van der Waals surface area contributed by atoms with Crippen LogP contribution in [0.1, 0.15) is 33.3 Å². The molecule has 1 aromatic carbocycles. The fourth-order valence-corrected chi connectivity index (χ4v) is 3.03. The summed E-state index contributed by atoms with van der Waals surface area (Å²) in [5.74, 6) is 0.466. The van der Waals surface area contributed by atoms with Crippen molar-refractivity contribution in [2.45, 2.75) is 45.9 Å². The van der Waals surface area contributed by atoms with Gasteiger partial charge in [0, 0.05) is 10.6 Å². The average Bonchev–Trinajstić information content (AvgIpc) is 2.57. The monoisotopic (exact) mass is 402 g/mol. The summed E-state index contributed by atoms with van der Waals surface area (Å²) in [6, 6.07) is 10.3. The number of hydrogen-bond acceptors (Lipinski definition) is 4. The van der Waals surface area contributed by atoms with Gasteiger partial charge >= 0.3 is 6.03 Å². The number of amides is 3. The van der Waals surface area contributed by atoms with Crippen LogP contribution in [0.15, 0.2) is 36.4 Å². The van der Waals surface area contributed by atoms with E-state index in [1.807, 2.05) is 39.0 Å². The first-order valence-electron chi connectivity index (χ1n) is 8.95. The Morgan fingerprint density at radius 3 is 2.71 bits per heavy atom. The molecule has 0 fully saturated rings. The van der Waals surface area contributed by atoms with Gasteiger partial charge in [0.2, 0.25) is 5.88 Å². The summed E-state index contributed by atoms with van der Waals surface area (Å²) in [6.45, 7) is 7.67. The van der Waals surface area contributed by atoms with Crippen molar-refractivity contribution < 1.29 is 14.3 Å². The quantitative estimate of drug-likeness (QED) is 0.813. The summed E-state index contributed by atoms with van der Waals surface area (Å²) in [6.07, 6.45) is -0.683. The molecule has 2 aromatic rings. The molecule has 2 heterocycles.